The highest BCUT2D eigenvalue weighted by atomic mass is 31.2. The Balaban J connectivity index is 2.35. The van der Waals surface area contributed by atoms with E-state index < -0.39 is 40.7 Å². The molecule has 0 aliphatic rings. The molecule has 0 spiro atoms. The first-order valence-electron chi connectivity index (χ1n) is 10.9. The molecule has 15 heteroatoms. The Kier molecular flexibility index (Phi) is 8.16. The second kappa shape index (κ2) is 11.1. The Hall–Kier alpha value is -3.27. The minimum atomic E-state index is -5.41. The van der Waals surface area contributed by atoms with Gasteiger partial charge in [-0.2, -0.15) is 0 Å². The molecule has 12 nitrogen and oxygen atoms in total. The van der Waals surface area contributed by atoms with Crippen molar-refractivity contribution in [2.24, 2.45) is 0 Å². The van der Waals surface area contributed by atoms with Crippen LogP contribution in [0.2, 0.25) is 0 Å². The van der Waals surface area contributed by atoms with Gasteiger partial charge in [0.15, 0.2) is 17.2 Å². The topological polar surface area (TPSA) is 200 Å². The van der Waals surface area contributed by atoms with Gasteiger partial charge >= 0.3 is 23.5 Å². The van der Waals surface area contributed by atoms with E-state index in [9.17, 15) is 43.1 Å². The lowest BCUT2D eigenvalue weighted by Crippen LogP contribution is -2.05. The van der Waals surface area contributed by atoms with Crippen molar-refractivity contribution >= 4 is 23.5 Å². The zero-order chi connectivity index (χ0) is 28.4. The van der Waals surface area contributed by atoms with Crippen LogP contribution in [0.5, 0.6) is 17.2 Å². The maximum absolute atomic E-state index is 12.2. The molecule has 39 heavy (non-hydrogen) atoms. The first-order chi connectivity index (χ1) is 18.2. The molecule has 0 amide bonds. The number of hydrogen-bond donors (Lipinski definition) is 6. The lowest BCUT2D eigenvalue weighted by atomic mass is 9.89. The van der Waals surface area contributed by atoms with Gasteiger partial charge in [0.25, 0.3) is 0 Å². The van der Waals surface area contributed by atoms with Crippen LogP contribution in [0.1, 0.15) is 0 Å². The molecule has 4 aromatic carbocycles. The SMILES string of the molecule is O=P(O)(O)Oc1c(-c2ccccc2)c(OP(=O)(O)O)c(-c2ccccc2)c(OP(=O)(O)O)c1-c1ccccc1. The Morgan fingerprint density at radius 2 is 0.590 bits per heavy atom. The second-order valence-electron chi connectivity index (χ2n) is 7.96. The molecule has 4 rings (SSSR count). The van der Waals surface area contributed by atoms with E-state index >= 15 is 0 Å². The van der Waals surface area contributed by atoms with E-state index in [2.05, 4.69) is 0 Å². The average Bonchev–Trinajstić information content (AvgIpc) is 2.83. The molecule has 0 aliphatic carbocycles. The summed E-state index contributed by atoms with van der Waals surface area (Å²) in [7, 11) is -16.2. The predicted molar refractivity (Wildman–Crippen MR) is 141 cm³/mol. The normalized spacial score (nSPS) is 12.2. The van der Waals surface area contributed by atoms with Crippen molar-refractivity contribution in [1.29, 1.82) is 0 Å². The summed E-state index contributed by atoms with van der Waals surface area (Å²) >= 11 is 0. The first-order valence-corrected chi connectivity index (χ1v) is 15.5. The molecule has 4 aromatic rings. The van der Waals surface area contributed by atoms with Gasteiger partial charge in [0.05, 0.1) is 16.7 Å². The van der Waals surface area contributed by atoms with Crippen molar-refractivity contribution < 1.29 is 56.6 Å². The number of hydrogen-bond acceptors (Lipinski definition) is 6. The summed E-state index contributed by atoms with van der Waals surface area (Å²) in [5.74, 6) is -2.10. The summed E-state index contributed by atoms with van der Waals surface area (Å²) in [5, 5.41) is 0. The van der Waals surface area contributed by atoms with E-state index in [-0.39, 0.29) is 33.4 Å². The van der Waals surface area contributed by atoms with Gasteiger partial charge in [-0.05, 0) is 16.7 Å². The van der Waals surface area contributed by atoms with E-state index in [0.29, 0.717) is 0 Å². The molecule has 0 bridgehead atoms. The van der Waals surface area contributed by atoms with Crippen LogP contribution < -0.4 is 13.6 Å². The number of phosphoric ester groups is 3. The molecule has 0 fully saturated rings. The van der Waals surface area contributed by atoms with Crippen LogP contribution in [0.15, 0.2) is 91.0 Å². The van der Waals surface area contributed by atoms with Crippen LogP contribution in [0.4, 0.5) is 0 Å². The Morgan fingerprint density at radius 1 is 0.385 bits per heavy atom. The maximum atomic E-state index is 12.2. The van der Waals surface area contributed by atoms with Crippen molar-refractivity contribution in [2.75, 3.05) is 0 Å². The molecule has 0 atom stereocenters. The first kappa shape index (κ1) is 28.7. The van der Waals surface area contributed by atoms with Crippen LogP contribution in [-0.2, 0) is 13.7 Å². The van der Waals surface area contributed by atoms with E-state index in [1.54, 1.807) is 54.6 Å². The van der Waals surface area contributed by atoms with Crippen molar-refractivity contribution in [1.82, 2.24) is 0 Å². The molecule has 0 aliphatic heterocycles. The number of phosphoric acid groups is 3. The second-order valence-corrected chi connectivity index (χ2v) is 11.4. The van der Waals surface area contributed by atoms with Crippen LogP contribution in [-0.4, -0.2) is 29.4 Å². The van der Waals surface area contributed by atoms with Gasteiger partial charge < -0.3 is 13.6 Å². The Bertz CT molecular complexity index is 1400. The van der Waals surface area contributed by atoms with Gasteiger partial charge in [0.1, 0.15) is 0 Å². The van der Waals surface area contributed by atoms with Gasteiger partial charge in [-0.15, -0.1) is 0 Å². The van der Waals surface area contributed by atoms with Gasteiger partial charge in [-0.25, -0.2) is 13.7 Å². The predicted octanol–water partition coefficient (Wildman–Crippen LogP) is 5.10. The molecule has 0 unspecified atom stereocenters. The van der Waals surface area contributed by atoms with Crippen LogP contribution in [0, 0.1) is 0 Å². The fraction of sp³-hybridized carbons (Fsp3) is 0. The number of benzene rings is 4. The summed E-state index contributed by atoms with van der Waals surface area (Å²) < 4.78 is 51.8. The van der Waals surface area contributed by atoms with E-state index in [0.717, 1.165) is 0 Å². The fourth-order valence-electron chi connectivity index (χ4n) is 3.92. The lowest BCUT2D eigenvalue weighted by Gasteiger charge is -2.26. The minimum Gasteiger partial charge on any atom is -0.403 e. The third kappa shape index (κ3) is 7.23. The molecule has 0 saturated heterocycles. The standard InChI is InChI=1S/C24H21O12P3/c25-37(26,27)34-22-19(16-10-4-1-5-11-16)23(35-38(28,29)30)21(18-14-8-3-9-15-18)24(36-39(31,32)33)20(22)17-12-6-2-7-13-17/h1-15H,(H2,25,26,27)(H2,28,29,30)(H2,31,32,33). The number of rotatable bonds is 9. The molecular formula is C24H21O12P3. The third-order valence-electron chi connectivity index (χ3n) is 5.18. The summed E-state index contributed by atoms with van der Waals surface area (Å²) in [5.41, 5.74) is -0.543. The largest absolute Gasteiger partial charge is 0.524 e. The zero-order valence-corrected chi connectivity index (χ0v) is 22.3. The molecule has 0 saturated carbocycles. The third-order valence-corrected chi connectivity index (χ3v) is 6.44. The molecule has 204 valence electrons. The smallest absolute Gasteiger partial charge is 0.403 e. The van der Waals surface area contributed by atoms with Gasteiger partial charge in [-0.3, -0.25) is 29.4 Å². The van der Waals surface area contributed by atoms with Crippen molar-refractivity contribution in [3.05, 3.63) is 91.0 Å². The monoisotopic (exact) mass is 594 g/mol. The van der Waals surface area contributed by atoms with Crippen molar-refractivity contribution in [3.63, 3.8) is 0 Å². The van der Waals surface area contributed by atoms with Gasteiger partial charge in [0, 0.05) is 0 Å². The zero-order valence-electron chi connectivity index (χ0n) is 19.6. The van der Waals surface area contributed by atoms with E-state index in [1.165, 1.54) is 36.4 Å². The van der Waals surface area contributed by atoms with E-state index in [1.807, 2.05) is 0 Å². The van der Waals surface area contributed by atoms with Crippen molar-refractivity contribution in [2.45, 2.75) is 0 Å². The van der Waals surface area contributed by atoms with Crippen LogP contribution in [0.3, 0.4) is 0 Å². The highest BCUT2D eigenvalue weighted by Gasteiger charge is 2.37. The molecular weight excluding hydrogens is 573 g/mol. The molecule has 6 N–H and O–H groups in total. The summed E-state index contributed by atoms with van der Waals surface area (Å²) in [4.78, 5) is 59.1. The summed E-state index contributed by atoms with van der Waals surface area (Å²) in [6, 6.07) is 22.9. The van der Waals surface area contributed by atoms with Crippen LogP contribution >= 0.6 is 23.5 Å². The van der Waals surface area contributed by atoms with Gasteiger partial charge in [-0.1, -0.05) is 91.0 Å². The maximum Gasteiger partial charge on any atom is 0.524 e. The quantitative estimate of drug-likeness (QED) is 0.140. The van der Waals surface area contributed by atoms with E-state index in [4.69, 9.17) is 13.6 Å². The molecule has 0 heterocycles. The summed E-state index contributed by atoms with van der Waals surface area (Å²) in [6.45, 7) is 0. The van der Waals surface area contributed by atoms with Crippen LogP contribution in [0.25, 0.3) is 33.4 Å². The Labute approximate surface area is 221 Å². The average molecular weight is 594 g/mol. The molecule has 0 aromatic heterocycles. The highest BCUT2D eigenvalue weighted by Crippen LogP contribution is 2.63. The van der Waals surface area contributed by atoms with Crippen molar-refractivity contribution in [3.8, 4) is 50.6 Å². The fourth-order valence-corrected chi connectivity index (χ4v) is 5.18. The minimum absolute atomic E-state index is 0.140. The lowest BCUT2D eigenvalue weighted by molar-refractivity contribution is 0.279. The Morgan fingerprint density at radius 3 is 0.769 bits per heavy atom. The highest BCUT2D eigenvalue weighted by molar-refractivity contribution is 7.47. The van der Waals surface area contributed by atoms with Gasteiger partial charge in [0.2, 0.25) is 0 Å². The summed E-state index contributed by atoms with van der Waals surface area (Å²) in [6.07, 6.45) is 0. The molecule has 0 radical (unpaired) electrons.